The molecule has 3 heteroatoms. The minimum Gasteiger partial charge on any atom is -0.389 e. The molecule has 0 aromatic heterocycles. The van der Waals surface area contributed by atoms with Gasteiger partial charge in [0.25, 0.3) is 0 Å². The molecule has 1 saturated heterocycles. The number of fused-ring (bicyclic) bond motifs is 1. The predicted octanol–water partition coefficient (Wildman–Crippen LogP) is 4.87. The topological polar surface area (TPSA) is 38.7 Å². The average Bonchev–Trinajstić information content (AvgIpc) is 2.55. The Kier molecular flexibility index (Phi) is 4.77. The van der Waals surface area contributed by atoms with E-state index in [9.17, 15) is 5.11 Å². The summed E-state index contributed by atoms with van der Waals surface area (Å²) in [6.45, 7) is 14.4. The van der Waals surface area contributed by atoms with Gasteiger partial charge in [0.05, 0.1) is 18.3 Å². The van der Waals surface area contributed by atoms with Gasteiger partial charge in [0.2, 0.25) is 0 Å². The normalized spacial score (nSPS) is 53.5. The molecule has 3 nitrogen and oxygen atoms in total. The first-order chi connectivity index (χ1) is 12.1. The summed E-state index contributed by atoms with van der Waals surface area (Å²) in [6, 6.07) is 0. The summed E-state index contributed by atoms with van der Waals surface area (Å²) in [4.78, 5) is 0. The van der Waals surface area contributed by atoms with Crippen molar-refractivity contribution in [3.05, 3.63) is 0 Å². The number of aliphatic hydroxyl groups is 1. The molecule has 4 aliphatic rings. The van der Waals surface area contributed by atoms with Crippen LogP contribution in [-0.2, 0) is 9.47 Å². The fourth-order valence-electron chi connectivity index (χ4n) is 7.41. The average molecular weight is 365 g/mol. The molecule has 4 bridgehead atoms. The molecule has 0 spiro atoms. The molecule has 3 saturated carbocycles. The van der Waals surface area contributed by atoms with E-state index < -0.39 is 11.4 Å². The maximum atomic E-state index is 12.4. The van der Waals surface area contributed by atoms with E-state index in [0.717, 1.165) is 13.0 Å². The molecule has 9 atom stereocenters. The third-order valence-corrected chi connectivity index (χ3v) is 8.81. The van der Waals surface area contributed by atoms with Crippen LogP contribution in [0, 0.1) is 47.3 Å². The van der Waals surface area contributed by atoms with Gasteiger partial charge >= 0.3 is 0 Å². The van der Waals surface area contributed by atoms with Crippen LogP contribution in [0.1, 0.15) is 73.6 Å². The highest BCUT2D eigenvalue weighted by Gasteiger charge is 2.65. The van der Waals surface area contributed by atoms with Gasteiger partial charge in [0.15, 0.2) is 5.79 Å². The minimum atomic E-state index is -0.568. The van der Waals surface area contributed by atoms with Crippen molar-refractivity contribution in [3.63, 3.8) is 0 Å². The largest absolute Gasteiger partial charge is 0.389 e. The van der Waals surface area contributed by atoms with Crippen molar-refractivity contribution in [3.8, 4) is 0 Å². The quantitative estimate of drug-likeness (QED) is 0.721. The molecule has 1 aliphatic heterocycles. The van der Waals surface area contributed by atoms with Crippen LogP contribution in [0.4, 0.5) is 0 Å². The molecule has 150 valence electrons. The molecule has 0 amide bonds. The van der Waals surface area contributed by atoms with Crippen molar-refractivity contribution in [2.45, 2.75) is 91.1 Å². The van der Waals surface area contributed by atoms with Crippen LogP contribution in [0.3, 0.4) is 0 Å². The summed E-state index contributed by atoms with van der Waals surface area (Å²) in [7, 11) is 0. The van der Waals surface area contributed by atoms with E-state index in [1.54, 1.807) is 0 Å². The summed E-state index contributed by atoms with van der Waals surface area (Å²) in [5.74, 6) is 3.47. The fraction of sp³-hybridized carbons (Fsp3) is 1.00. The Bertz CT molecular complexity index is 530. The van der Waals surface area contributed by atoms with Gasteiger partial charge in [0, 0.05) is 11.8 Å². The van der Waals surface area contributed by atoms with Crippen molar-refractivity contribution < 1.29 is 14.6 Å². The highest BCUT2D eigenvalue weighted by molar-refractivity contribution is 5.13. The Morgan fingerprint density at radius 3 is 2.46 bits per heavy atom. The van der Waals surface area contributed by atoms with E-state index >= 15 is 0 Å². The molecule has 4 rings (SSSR count). The minimum absolute atomic E-state index is 0.154. The van der Waals surface area contributed by atoms with Crippen LogP contribution in [0.25, 0.3) is 0 Å². The lowest BCUT2D eigenvalue weighted by Crippen LogP contribution is -2.70. The Hall–Kier alpha value is -0.120. The molecule has 0 radical (unpaired) electrons. The third kappa shape index (κ3) is 2.79. The molecular formula is C23H40O3. The van der Waals surface area contributed by atoms with Crippen LogP contribution in [0.2, 0.25) is 0 Å². The van der Waals surface area contributed by atoms with Crippen molar-refractivity contribution in [1.29, 1.82) is 0 Å². The molecule has 0 aromatic rings. The molecule has 1 N–H and O–H groups in total. The lowest BCUT2D eigenvalue weighted by molar-refractivity contribution is -0.352. The summed E-state index contributed by atoms with van der Waals surface area (Å²) in [5, 5.41) is 12.4. The first-order valence-electron chi connectivity index (χ1n) is 11.2. The van der Waals surface area contributed by atoms with Gasteiger partial charge in [0.1, 0.15) is 0 Å². The highest BCUT2D eigenvalue weighted by Crippen LogP contribution is 2.61. The number of rotatable bonds is 1. The van der Waals surface area contributed by atoms with Gasteiger partial charge < -0.3 is 14.6 Å². The first-order valence-corrected chi connectivity index (χ1v) is 11.2. The van der Waals surface area contributed by atoms with Gasteiger partial charge in [-0.3, -0.25) is 0 Å². The zero-order valence-electron chi connectivity index (χ0n) is 17.7. The number of hydrogen-bond acceptors (Lipinski definition) is 3. The Labute approximate surface area is 160 Å². The maximum Gasteiger partial charge on any atom is 0.163 e. The summed E-state index contributed by atoms with van der Waals surface area (Å²) < 4.78 is 12.6. The van der Waals surface area contributed by atoms with E-state index in [1.807, 2.05) is 13.8 Å². The number of hydrogen-bond donors (Lipinski definition) is 1. The fourth-order valence-corrected chi connectivity index (χ4v) is 7.41. The Morgan fingerprint density at radius 1 is 1.04 bits per heavy atom. The van der Waals surface area contributed by atoms with Gasteiger partial charge in [-0.1, -0.05) is 34.1 Å². The van der Waals surface area contributed by atoms with Crippen LogP contribution in [-0.4, -0.2) is 29.2 Å². The lowest BCUT2D eigenvalue weighted by atomic mass is 9.45. The summed E-state index contributed by atoms with van der Waals surface area (Å²) in [5.41, 5.74) is -0.568. The van der Waals surface area contributed by atoms with Crippen molar-refractivity contribution in [2.75, 3.05) is 6.61 Å². The predicted molar refractivity (Wildman–Crippen MR) is 104 cm³/mol. The summed E-state index contributed by atoms with van der Waals surface area (Å²) >= 11 is 0. The van der Waals surface area contributed by atoms with E-state index in [1.165, 1.54) is 25.7 Å². The van der Waals surface area contributed by atoms with Crippen molar-refractivity contribution in [1.82, 2.24) is 0 Å². The molecule has 26 heavy (non-hydrogen) atoms. The Morgan fingerprint density at radius 2 is 1.77 bits per heavy atom. The monoisotopic (exact) mass is 364 g/mol. The third-order valence-electron chi connectivity index (χ3n) is 8.81. The lowest BCUT2D eigenvalue weighted by Gasteiger charge is -2.65. The summed E-state index contributed by atoms with van der Waals surface area (Å²) in [6.07, 6.45) is 6.22. The Balaban J connectivity index is 1.81. The molecule has 0 aromatic carbocycles. The highest BCUT2D eigenvalue weighted by atomic mass is 16.7. The van der Waals surface area contributed by atoms with E-state index in [-0.39, 0.29) is 12.0 Å². The molecule has 3 aliphatic carbocycles. The SMILES string of the molecule is CC(C)[C@H]1CC[C@H](C)[C@@H]2CC[C@H](C)[C@@]3(O)[C@@H]2[C@@H]2OC(C)(C)OC[C@@H]2C[C@@H]13. The zero-order chi connectivity index (χ0) is 18.9. The van der Waals surface area contributed by atoms with Crippen LogP contribution in [0.15, 0.2) is 0 Å². The standard InChI is InChI=1S/C23H40O3/c1-13(2)17-9-7-14(3)18-10-8-15(4)23(24)19(17)11-16-12-25-22(5,6)26-21(16)20(18)23/h13-21,24H,7-12H2,1-6H3/t14-,15-,16-,17+,18-,19-,20-,21+,23-/m0/s1. The van der Waals surface area contributed by atoms with Gasteiger partial charge in [-0.05, 0) is 75.0 Å². The zero-order valence-corrected chi connectivity index (χ0v) is 17.7. The second kappa shape index (κ2) is 6.46. The number of ether oxygens (including phenoxy) is 2. The van der Waals surface area contributed by atoms with Gasteiger partial charge in [-0.25, -0.2) is 0 Å². The van der Waals surface area contributed by atoms with Crippen LogP contribution >= 0.6 is 0 Å². The molecular weight excluding hydrogens is 324 g/mol. The van der Waals surface area contributed by atoms with E-state index in [4.69, 9.17) is 9.47 Å². The van der Waals surface area contributed by atoms with Gasteiger partial charge in [-0.15, -0.1) is 0 Å². The second-order valence-corrected chi connectivity index (χ2v) is 10.9. The van der Waals surface area contributed by atoms with Crippen molar-refractivity contribution >= 4 is 0 Å². The molecule has 4 fully saturated rings. The van der Waals surface area contributed by atoms with Gasteiger partial charge in [-0.2, -0.15) is 0 Å². The van der Waals surface area contributed by atoms with Crippen LogP contribution in [0.5, 0.6) is 0 Å². The van der Waals surface area contributed by atoms with E-state index in [0.29, 0.717) is 41.4 Å². The van der Waals surface area contributed by atoms with E-state index in [2.05, 4.69) is 27.7 Å². The molecule has 0 unspecified atom stereocenters. The smallest absolute Gasteiger partial charge is 0.163 e. The first kappa shape index (κ1) is 19.2. The van der Waals surface area contributed by atoms with Crippen molar-refractivity contribution in [2.24, 2.45) is 47.3 Å². The second-order valence-electron chi connectivity index (χ2n) is 10.9. The maximum absolute atomic E-state index is 12.4. The molecule has 1 heterocycles. The van der Waals surface area contributed by atoms with Crippen LogP contribution < -0.4 is 0 Å².